The number of rotatable bonds is 8. The zero-order valence-electron chi connectivity index (χ0n) is 19.1. The molecule has 178 valence electrons. The summed E-state index contributed by atoms with van der Waals surface area (Å²) in [6, 6.07) is 12.2. The first-order chi connectivity index (χ1) is 16.2. The summed E-state index contributed by atoms with van der Waals surface area (Å²) < 4.78 is 13.9. The Morgan fingerprint density at radius 1 is 1.09 bits per heavy atom. The van der Waals surface area contributed by atoms with E-state index in [0.29, 0.717) is 4.91 Å². The maximum Gasteiger partial charge on any atom is 0.293 e. The van der Waals surface area contributed by atoms with Crippen molar-refractivity contribution in [3.05, 3.63) is 75.9 Å². The van der Waals surface area contributed by atoms with Crippen LogP contribution in [0.2, 0.25) is 0 Å². The van der Waals surface area contributed by atoms with Gasteiger partial charge in [-0.2, -0.15) is 0 Å². The van der Waals surface area contributed by atoms with E-state index < -0.39 is 34.8 Å². The third-order valence-electron chi connectivity index (χ3n) is 5.24. The van der Waals surface area contributed by atoms with Gasteiger partial charge in [0.25, 0.3) is 17.1 Å². The van der Waals surface area contributed by atoms with E-state index in [9.17, 15) is 23.6 Å². The fourth-order valence-corrected chi connectivity index (χ4v) is 4.17. The van der Waals surface area contributed by atoms with Crippen molar-refractivity contribution in [2.24, 2.45) is 5.92 Å². The molecule has 7 nitrogen and oxygen atoms in total. The number of benzene rings is 2. The van der Waals surface area contributed by atoms with Crippen molar-refractivity contribution in [2.75, 3.05) is 13.1 Å². The number of hydrogen-bond acceptors (Lipinski definition) is 5. The fourth-order valence-electron chi connectivity index (χ4n) is 3.31. The molecule has 0 unspecified atom stereocenters. The number of imide groups is 1. The predicted molar refractivity (Wildman–Crippen MR) is 129 cm³/mol. The van der Waals surface area contributed by atoms with Crippen molar-refractivity contribution in [2.45, 2.75) is 26.8 Å². The van der Waals surface area contributed by atoms with Crippen LogP contribution in [0.4, 0.5) is 9.18 Å². The lowest BCUT2D eigenvalue weighted by molar-refractivity contribution is -0.125. The molecule has 0 saturated carbocycles. The smallest absolute Gasteiger partial charge is 0.293 e. The van der Waals surface area contributed by atoms with Crippen LogP contribution < -0.4 is 10.6 Å². The molecule has 34 heavy (non-hydrogen) atoms. The van der Waals surface area contributed by atoms with Gasteiger partial charge >= 0.3 is 0 Å². The molecule has 1 atom stereocenters. The van der Waals surface area contributed by atoms with Crippen LogP contribution in [0.1, 0.15) is 35.3 Å². The number of amides is 4. The van der Waals surface area contributed by atoms with Crippen molar-refractivity contribution >= 4 is 40.8 Å². The lowest BCUT2D eigenvalue weighted by Crippen LogP contribution is -2.51. The monoisotopic (exact) mass is 483 g/mol. The van der Waals surface area contributed by atoms with Gasteiger partial charge in [-0.3, -0.25) is 24.1 Å². The molecule has 1 heterocycles. The number of nitrogens with one attached hydrogen (secondary N) is 2. The van der Waals surface area contributed by atoms with Crippen LogP contribution in [0.5, 0.6) is 0 Å². The predicted octanol–water partition coefficient (Wildman–Crippen LogP) is 3.74. The van der Waals surface area contributed by atoms with E-state index in [0.717, 1.165) is 27.8 Å². The number of carbonyl (C=O) groups excluding carboxylic acids is 4. The normalized spacial score (nSPS) is 15.7. The molecule has 0 aromatic heterocycles. The van der Waals surface area contributed by atoms with E-state index in [1.807, 2.05) is 31.2 Å². The van der Waals surface area contributed by atoms with Crippen LogP contribution in [-0.4, -0.2) is 47.0 Å². The summed E-state index contributed by atoms with van der Waals surface area (Å²) in [5, 5.41) is 4.80. The van der Waals surface area contributed by atoms with Gasteiger partial charge in [0.15, 0.2) is 0 Å². The lowest BCUT2D eigenvalue weighted by atomic mass is 10.0. The molecule has 1 aliphatic heterocycles. The number of halogens is 1. The minimum absolute atomic E-state index is 0.00623. The zero-order chi connectivity index (χ0) is 24.8. The first kappa shape index (κ1) is 25.2. The zero-order valence-corrected chi connectivity index (χ0v) is 19.9. The van der Waals surface area contributed by atoms with E-state index >= 15 is 0 Å². The number of aryl methyl sites for hydroxylation is 1. The van der Waals surface area contributed by atoms with Crippen molar-refractivity contribution in [3.8, 4) is 0 Å². The lowest BCUT2D eigenvalue weighted by Gasteiger charge is -2.22. The Balaban J connectivity index is 1.57. The van der Waals surface area contributed by atoms with Gasteiger partial charge in [-0.25, -0.2) is 4.39 Å². The fraction of sp³-hybridized carbons (Fsp3) is 0.280. The minimum atomic E-state index is -0.913. The van der Waals surface area contributed by atoms with Crippen LogP contribution in [-0.2, 0) is 9.59 Å². The SMILES string of the molecule is Cc1ccc(/C=C2/SC(=O)N(CCNC(=O)[C@@H](NC(=O)c3ccccc3F)C(C)C)C2=O)cc1. The maximum absolute atomic E-state index is 13.9. The van der Waals surface area contributed by atoms with Crippen molar-refractivity contribution < 1.29 is 23.6 Å². The molecule has 2 aromatic rings. The molecule has 0 bridgehead atoms. The molecule has 1 aliphatic rings. The molecule has 4 amide bonds. The second kappa shape index (κ2) is 11.1. The molecule has 0 spiro atoms. The third-order valence-corrected chi connectivity index (χ3v) is 6.14. The molecule has 2 N–H and O–H groups in total. The molecule has 1 fully saturated rings. The Kier molecular flexibility index (Phi) is 8.22. The van der Waals surface area contributed by atoms with Gasteiger partial charge in [-0.1, -0.05) is 55.8 Å². The van der Waals surface area contributed by atoms with Gasteiger partial charge in [0.05, 0.1) is 10.5 Å². The first-order valence-electron chi connectivity index (χ1n) is 10.8. The van der Waals surface area contributed by atoms with Gasteiger partial charge < -0.3 is 10.6 Å². The molecule has 1 saturated heterocycles. The Labute approximate surface area is 201 Å². The van der Waals surface area contributed by atoms with Crippen LogP contribution in [0, 0.1) is 18.7 Å². The van der Waals surface area contributed by atoms with Crippen molar-refractivity contribution in [1.82, 2.24) is 15.5 Å². The van der Waals surface area contributed by atoms with Crippen LogP contribution >= 0.6 is 11.8 Å². The molecule has 0 aliphatic carbocycles. The van der Waals surface area contributed by atoms with Gasteiger partial charge in [0.2, 0.25) is 5.91 Å². The van der Waals surface area contributed by atoms with E-state index in [1.54, 1.807) is 19.9 Å². The van der Waals surface area contributed by atoms with Crippen molar-refractivity contribution in [1.29, 1.82) is 0 Å². The Morgan fingerprint density at radius 3 is 2.41 bits per heavy atom. The highest BCUT2D eigenvalue weighted by Gasteiger charge is 2.35. The summed E-state index contributed by atoms with van der Waals surface area (Å²) in [7, 11) is 0. The summed E-state index contributed by atoms with van der Waals surface area (Å²) in [5.41, 5.74) is 1.75. The van der Waals surface area contributed by atoms with Crippen LogP contribution in [0.15, 0.2) is 53.4 Å². The van der Waals surface area contributed by atoms with Gasteiger partial charge in [-0.05, 0) is 48.4 Å². The van der Waals surface area contributed by atoms with E-state index in [2.05, 4.69) is 10.6 Å². The number of nitrogens with zero attached hydrogens (tertiary/aromatic N) is 1. The summed E-state index contributed by atoms with van der Waals surface area (Å²) in [6.07, 6.45) is 1.66. The first-order valence-corrected chi connectivity index (χ1v) is 11.6. The highest BCUT2D eigenvalue weighted by molar-refractivity contribution is 8.18. The standard InChI is InChI=1S/C25H26FN3O4S/c1-15(2)21(28-22(30)18-6-4-5-7-19(18)26)23(31)27-12-13-29-24(32)20(34-25(29)33)14-17-10-8-16(3)9-11-17/h4-11,14-15,21H,12-13H2,1-3H3,(H,27,31)(H,28,30)/b20-14+/t21-/m0/s1. The number of carbonyl (C=O) groups is 4. The number of thioether (sulfide) groups is 1. The maximum atomic E-state index is 13.9. The third kappa shape index (κ3) is 6.11. The molecule has 9 heteroatoms. The van der Waals surface area contributed by atoms with Gasteiger partial charge in [-0.15, -0.1) is 0 Å². The Hall–Kier alpha value is -3.46. The van der Waals surface area contributed by atoms with E-state index in [-0.39, 0.29) is 24.6 Å². The molecule has 2 aromatic carbocycles. The van der Waals surface area contributed by atoms with Gasteiger partial charge in [0.1, 0.15) is 11.9 Å². The molecular formula is C25H26FN3O4S. The van der Waals surface area contributed by atoms with Crippen molar-refractivity contribution in [3.63, 3.8) is 0 Å². The highest BCUT2D eigenvalue weighted by atomic mass is 32.2. The average molecular weight is 484 g/mol. The summed E-state index contributed by atoms with van der Waals surface area (Å²) in [5.74, 6) is -2.55. The van der Waals surface area contributed by atoms with E-state index in [1.165, 1.54) is 24.3 Å². The molecular weight excluding hydrogens is 457 g/mol. The average Bonchev–Trinajstić information content (AvgIpc) is 3.06. The second-order valence-electron chi connectivity index (χ2n) is 8.21. The Morgan fingerprint density at radius 2 is 1.76 bits per heavy atom. The molecule has 3 rings (SSSR count). The Bertz CT molecular complexity index is 1130. The quantitative estimate of drug-likeness (QED) is 0.558. The summed E-state index contributed by atoms with van der Waals surface area (Å²) in [6.45, 7) is 5.47. The number of hydrogen-bond donors (Lipinski definition) is 2. The van der Waals surface area contributed by atoms with E-state index in [4.69, 9.17) is 0 Å². The van der Waals surface area contributed by atoms with Crippen LogP contribution in [0.25, 0.3) is 6.08 Å². The topological polar surface area (TPSA) is 95.6 Å². The van der Waals surface area contributed by atoms with Gasteiger partial charge in [0, 0.05) is 13.1 Å². The summed E-state index contributed by atoms with van der Waals surface area (Å²) >= 11 is 0.852. The largest absolute Gasteiger partial charge is 0.353 e. The summed E-state index contributed by atoms with van der Waals surface area (Å²) in [4.78, 5) is 51.5. The highest BCUT2D eigenvalue weighted by Crippen LogP contribution is 2.31. The van der Waals surface area contributed by atoms with Crippen LogP contribution in [0.3, 0.4) is 0 Å². The molecule has 0 radical (unpaired) electrons. The second-order valence-corrected chi connectivity index (χ2v) is 9.20. The minimum Gasteiger partial charge on any atom is -0.353 e.